The molecule has 1 atom stereocenters. The highest BCUT2D eigenvalue weighted by atomic mass is 32.2. The van der Waals surface area contributed by atoms with Crippen LogP contribution >= 0.6 is 11.1 Å². The summed E-state index contributed by atoms with van der Waals surface area (Å²) in [5.74, 6) is 0.0245. The first-order valence-electron chi connectivity index (χ1n) is 4.60. The molecule has 0 radical (unpaired) electrons. The van der Waals surface area contributed by atoms with Crippen molar-refractivity contribution in [2.24, 2.45) is 4.99 Å². The number of thiol groups is 1. The monoisotopic (exact) mass is 267 g/mol. The Bertz CT molecular complexity index is 483. The fraction of sp³-hybridized carbons (Fsp3) is 0.375. The predicted molar refractivity (Wildman–Crippen MR) is 56.8 cm³/mol. The number of nitrogens with zero attached hydrogens (tertiary/aromatic N) is 3. The van der Waals surface area contributed by atoms with E-state index in [1.54, 1.807) is 0 Å². The topological polar surface area (TPSA) is 56.5 Å². The van der Waals surface area contributed by atoms with Gasteiger partial charge >= 0.3 is 11.5 Å². The highest BCUT2D eigenvalue weighted by molar-refractivity contribution is 8.40. The zero-order valence-corrected chi connectivity index (χ0v) is 9.50. The second-order valence-corrected chi connectivity index (χ2v) is 4.88. The van der Waals surface area contributed by atoms with Gasteiger partial charge in [0.2, 0.25) is 0 Å². The van der Waals surface area contributed by atoms with Gasteiger partial charge in [-0.15, -0.1) is 0 Å². The summed E-state index contributed by atoms with van der Waals surface area (Å²) in [4.78, 5) is 18.6. The van der Waals surface area contributed by atoms with Crippen molar-refractivity contribution in [3.05, 3.63) is 12.5 Å². The number of fused-ring (bicyclic) bond motifs is 1. The van der Waals surface area contributed by atoms with Crippen LogP contribution in [0, 0.1) is 0 Å². The molecule has 0 amide bonds. The number of hydrogen-bond donors (Lipinski definition) is 1. The molecule has 1 aliphatic heterocycles. The van der Waals surface area contributed by atoms with Gasteiger partial charge in [-0.1, -0.05) is 0 Å². The van der Waals surface area contributed by atoms with Crippen molar-refractivity contribution in [1.29, 1.82) is 0 Å². The summed E-state index contributed by atoms with van der Waals surface area (Å²) < 4.78 is 43.8. The number of alkyl halides is 3. The molecule has 0 bridgehead atoms. The minimum Gasteiger partial charge on any atom is -0.458 e. The summed E-state index contributed by atoms with van der Waals surface area (Å²) in [5, 5.41) is -2.03. The van der Waals surface area contributed by atoms with Gasteiger partial charge in [0.15, 0.2) is 10.9 Å². The number of ether oxygens (including phenoxy) is 1. The smallest absolute Gasteiger partial charge is 0.440 e. The number of rotatable bonds is 1. The number of halogens is 3. The van der Waals surface area contributed by atoms with Crippen LogP contribution in [-0.4, -0.2) is 32.1 Å². The number of carbonyl (C=O) groups excluding carboxylic acids is 1. The normalized spacial score (nSPS) is 20.9. The van der Waals surface area contributed by atoms with Gasteiger partial charge in [-0.2, -0.15) is 13.2 Å². The van der Waals surface area contributed by atoms with Gasteiger partial charge in [-0.25, -0.2) is 14.8 Å². The van der Waals surface area contributed by atoms with Gasteiger partial charge in [0.05, 0.1) is 12.8 Å². The lowest BCUT2D eigenvalue weighted by atomic mass is 10.7. The Morgan fingerprint density at radius 2 is 2.29 bits per heavy atom. The summed E-state index contributed by atoms with van der Waals surface area (Å²) >= 11 is -2.32. The Hall–Kier alpha value is -1.51. The Labute approximate surface area is 96.8 Å². The summed E-state index contributed by atoms with van der Waals surface area (Å²) in [7, 11) is 0. The Morgan fingerprint density at radius 1 is 1.59 bits per heavy atom. The number of carbonyl (C=O) groups is 1. The average molecular weight is 267 g/mol. The van der Waals surface area contributed by atoms with E-state index in [2.05, 4.69) is 14.7 Å². The number of aliphatic imine (C=N–C) groups is 1. The van der Waals surface area contributed by atoms with E-state index < -0.39 is 27.6 Å². The maximum atomic E-state index is 12.7. The number of hydrogen-bond acceptors (Lipinski definition) is 4. The lowest BCUT2D eigenvalue weighted by Crippen LogP contribution is -2.26. The van der Waals surface area contributed by atoms with Crippen molar-refractivity contribution in [2.75, 3.05) is 6.61 Å². The van der Waals surface area contributed by atoms with Crippen LogP contribution in [0.1, 0.15) is 6.92 Å². The van der Waals surface area contributed by atoms with Crippen LogP contribution in [0.4, 0.5) is 23.8 Å². The lowest BCUT2D eigenvalue weighted by Gasteiger charge is -2.19. The van der Waals surface area contributed by atoms with Crippen LogP contribution in [0.25, 0.3) is 0 Å². The maximum absolute atomic E-state index is 12.7. The minimum atomic E-state index is -4.64. The van der Waals surface area contributed by atoms with E-state index in [1.807, 2.05) is 0 Å². The van der Waals surface area contributed by atoms with Gasteiger partial charge < -0.3 is 4.74 Å². The van der Waals surface area contributed by atoms with Crippen molar-refractivity contribution in [3.63, 3.8) is 0 Å². The summed E-state index contributed by atoms with van der Waals surface area (Å²) in [5.41, 5.74) is 0. The van der Waals surface area contributed by atoms with E-state index in [9.17, 15) is 18.0 Å². The molecule has 0 saturated heterocycles. The molecule has 9 heteroatoms. The average Bonchev–Trinajstić information content (AvgIpc) is 2.73. The van der Waals surface area contributed by atoms with Crippen LogP contribution in [0.3, 0.4) is 0 Å². The Morgan fingerprint density at radius 3 is 2.88 bits per heavy atom. The van der Waals surface area contributed by atoms with Crippen LogP contribution in [-0.2, 0) is 4.74 Å². The molecule has 0 saturated carbocycles. The zero-order chi connectivity index (χ0) is 12.6. The van der Waals surface area contributed by atoms with E-state index in [4.69, 9.17) is 0 Å². The summed E-state index contributed by atoms with van der Waals surface area (Å²) in [6.45, 7) is 1.55. The Balaban J connectivity index is 2.40. The van der Waals surface area contributed by atoms with E-state index in [1.165, 1.54) is 13.1 Å². The molecule has 0 N–H and O–H groups in total. The molecule has 0 aliphatic carbocycles. The molecule has 1 aliphatic rings. The maximum Gasteiger partial charge on any atom is 0.440 e. The number of aromatic nitrogens is 2. The first kappa shape index (κ1) is 12.0. The van der Waals surface area contributed by atoms with Gasteiger partial charge in [-0.3, -0.25) is 3.97 Å². The van der Waals surface area contributed by atoms with Gasteiger partial charge in [0, 0.05) is 0 Å². The minimum absolute atomic E-state index is 0.0207. The van der Waals surface area contributed by atoms with Crippen LogP contribution in [0.15, 0.2) is 17.5 Å². The predicted octanol–water partition coefficient (Wildman–Crippen LogP) is 2.41. The third-order valence-corrected chi connectivity index (χ3v) is 3.90. The van der Waals surface area contributed by atoms with Crippen molar-refractivity contribution in [1.82, 2.24) is 8.96 Å². The quantitative estimate of drug-likeness (QED) is 0.628. The van der Waals surface area contributed by atoms with Gasteiger partial charge in [-0.05, 0) is 18.0 Å². The number of imidazole rings is 1. The van der Waals surface area contributed by atoms with Gasteiger partial charge in [0.1, 0.15) is 6.33 Å². The van der Waals surface area contributed by atoms with Crippen molar-refractivity contribution in [2.45, 2.75) is 13.1 Å². The molecule has 2 rings (SSSR count). The summed E-state index contributed by atoms with van der Waals surface area (Å²) in [6, 6.07) is 0. The van der Waals surface area contributed by atoms with E-state index >= 15 is 0 Å². The van der Waals surface area contributed by atoms with Gasteiger partial charge in [0.25, 0.3) is 0 Å². The van der Waals surface area contributed by atoms with Crippen molar-refractivity contribution >= 4 is 27.2 Å². The van der Waals surface area contributed by atoms with Crippen molar-refractivity contribution < 1.29 is 22.7 Å². The molecule has 5 nitrogen and oxygen atoms in total. The molecular formula is C8H8F3N3O2S. The lowest BCUT2D eigenvalue weighted by molar-refractivity contribution is -0.0554. The van der Waals surface area contributed by atoms with Crippen molar-refractivity contribution in [3.8, 4) is 0 Å². The molecule has 0 aromatic carbocycles. The first-order chi connectivity index (χ1) is 7.95. The van der Waals surface area contributed by atoms with E-state index in [-0.39, 0.29) is 12.4 Å². The fourth-order valence-corrected chi connectivity index (χ4v) is 3.02. The van der Waals surface area contributed by atoms with Crippen LogP contribution < -0.4 is 0 Å². The van der Waals surface area contributed by atoms with E-state index in [0.717, 1.165) is 10.3 Å². The molecule has 1 aromatic heterocycles. The highest BCUT2D eigenvalue weighted by Gasteiger charge is 2.47. The van der Waals surface area contributed by atoms with E-state index in [0.29, 0.717) is 0 Å². The Kier molecular flexibility index (Phi) is 2.86. The molecule has 2 heterocycles. The SMILES string of the molecule is CCOC(=O)[SH]1C(C(F)(F)F)=Nc2cncn21. The fourth-order valence-electron chi connectivity index (χ4n) is 1.32. The standard InChI is InChI=1S/C8H8F3N3O2S/c1-2-16-7(15)17-6(8(9,10)11)13-5-3-12-4-14(5)17/h3-4,17H,2H2,1H3. The molecule has 1 aromatic rings. The second-order valence-electron chi connectivity index (χ2n) is 3.04. The van der Waals surface area contributed by atoms with Crippen LogP contribution in [0.5, 0.6) is 0 Å². The molecule has 0 spiro atoms. The van der Waals surface area contributed by atoms with Crippen LogP contribution in [0.2, 0.25) is 0 Å². The summed E-state index contributed by atoms with van der Waals surface area (Å²) in [6.07, 6.45) is -2.31. The highest BCUT2D eigenvalue weighted by Crippen LogP contribution is 2.47. The molecule has 1 unspecified atom stereocenters. The molecule has 94 valence electrons. The third kappa shape index (κ3) is 2.02. The second kappa shape index (κ2) is 4.06. The molecule has 0 fully saturated rings. The molecule has 17 heavy (non-hydrogen) atoms. The third-order valence-electron chi connectivity index (χ3n) is 1.93. The zero-order valence-electron chi connectivity index (χ0n) is 8.60. The molecular weight excluding hydrogens is 259 g/mol. The first-order valence-corrected chi connectivity index (χ1v) is 5.90. The largest absolute Gasteiger partial charge is 0.458 e.